The van der Waals surface area contributed by atoms with Crippen LogP contribution in [0.5, 0.6) is 5.75 Å². The van der Waals surface area contributed by atoms with Gasteiger partial charge in [-0.1, -0.05) is 122 Å². The number of fused-ring (bicyclic) bond motifs is 5. The van der Waals surface area contributed by atoms with E-state index in [1.807, 2.05) is 24.3 Å². The predicted octanol–water partition coefficient (Wildman–Crippen LogP) is 11.8. The zero-order chi connectivity index (χ0) is 31.3. The number of halogens is 2. The zero-order valence-corrected chi connectivity index (χ0v) is 25.4. The monoisotopic (exact) mass is 603 g/mol. The van der Waals surface area contributed by atoms with Gasteiger partial charge in [-0.25, -0.2) is 8.78 Å². The largest absolute Gasteiger partial charge is 0.487 e. The Morgan fingerprint density at radius 3 is 1.65 bits per heavy atom. The number of benzene rings is 7. The normalized spacial score (nSPS) is 12.0. The van der Waals surface area contributed by atoms with E-state index in [-0.39, 0.29) is 6.42 Å². The van der Waals surface area contributed by atoms with E-state index >= 15 is 0 Å². The summed E-state index contributed by atoms with van der Waals surface area (Å²) in [5.41, 5.74) is 7.75. The van der Waals surface area contributed by atoms with Crippen molar-refractivity contribution in [2.45, 2.75) is 19.3 Å². The summed E-state index contributed by atoms with van der Waals surface area (Å²) in [6, 6.07) is 50.4. The maximum absolute atomic E-state index is 13.9. The van der Waals surface area contributed by atoms with E-state index in [4.69, 9.17) is 4.74 Å². The lowest BCUT2D eigenvalue weighted by molar-refractivity contribution is -0.0436. The number of ether oxygens (including phenoxy) is 1. The quantitative estimate of drug-likeness (QED) is 0.177. The van der Waals surface area contributed by atoms with Crippen LogP contribution in [0.3, 0.4) is 0 Å². The fourth-order valence-electron chi connectivity index (χ4n) is 6.73. The summed E-state index contributed by atoms with van der Waals surface area (Å²) in [5, 5.41) is 7.04. The van der Waals surface area contributed by atoms with Crippen molar-refractivity contribution in [3.63, 3.8) is 0 Å². The fourth-order valence-corrected chi connectivity index (χ4v) is 6.73. The molecular formula is C42H31F2NO. The van der Waals surface area contributed by atoms with Crippen molar-refractivity contribution >= 4 is 43.4 Å². The van der Waals surface area contributed by atoms with Crippen molar-refractivity contribution in [2.75, 3.05) is 6.61 Å². The van der Waals surface area contributed by atoms with Gasteiger partial charge in [-0.15, -0.1) is 0 Å². The van der Waals surface area contributed by atoms with Crippen molar-refractivity contribution in [3.8, 4) is 33.7 Å². The van der Waals surface area contributed by atoms with Gasteiger partial charge in [0, 0.05) is 22.6 Å². The summed E-state index contributed by atoms with van der Waals surface area (Å²) in [5.74, 6) is -2.42. The van der Waals surface area contributed by atoms with Gasteiger partial charge in [0.1, 0.15) is 5.75 Å². The lowest BCUT2D eigenvalue weighted by Crippen LogP contribution is -2.24. The molecule has 7 aromatic carbocycles. The summed E-state index contributed by atoms with van der Waals surface area (Å²) < 4.78 is 35.7. The topological polar surface area (TPSA) is 14.2 Å². The molecule has 0 spiro atoms. The van der Waals surface area contributed by atoms with Gasteiger partial charge in [0.05, 0.1) is 16.7 Å². The van der Waals surface area contributed by atoms with Gasteiger partial charge in [0.2, 0.25) is 0 Å². The standard InChI is InChI=1S/C42H31F2NO/c1-2-42(43,44)27-46-29-13-11-12-28(26-29)30-22-23-34(32-15-4-3-14-31(30)32)35-24-25-41(36-17-6-5-16-33(35)36)45-39-20-9-7-18-37(39)38-19-8-10-21-40(38)45/h3-26H,2,27H2,1H3. The van der Waals surface area contributed by atoms with Crippen molar-refractivity contribution < 1.29 is 13.5 Å². The van der Waals surface area contributed by atoms with Crippen LogP contribution in [-0.2, 0) is 0 Å². The highest BCUT2D eigenvalue weighted by Crippen LogP contribution is 2.42. The molecule has 1 aromatic heterocycles. The molecule has 0 N–H and O–H groups in total. The summed E-state index contributed by atoms with van der Waals surface area (Å²) in [6.07, 6.45) is -0.257. The highest BCUT2D eigenvalue weighted by atomic mass is 19.3. The third kappa shape index (κ3) is 4.69. The predicted molar refractivity (Wildman–Crippen MR) is 187 cm³/mol. The van der Waals surface area contributed by atoms with E-state index in [1.54, 1.807) is 6.07 Å². The first-order chi connectivity index (χ1) is 22.5. The van der Waals surface area contributed by atoms with Crippen molar-refractivity contribution in [1.29, 1.82) is 0 Å². The number of hydrogen-bond donors (Lipinski definition) is 0. The van der Waals surface area contributed by atoms with Gasteiger partial charge in [0.15, 0.2) is 6.61 Å². The molecule has 2 nitrogen and oxygen atoms in total. The number of nitrogens with zero attached hydrogens (tertiary/aromatic N) is 1. The number of rotatable bonds is 7. The summed E-state index contributed by atoms with van der Waals surface area (Å²) in [6.45, 7) is 0.832. The van der Waals surface area contributed by atoms with Crippen molar-refractivity contribution in [2.24, 2.45) is 0 Å². The third-order valence-electron chi connectivity index (χ3n) is 9.05. The maximum atomic E-state index is 13.9. The minimum atomic E-state index is -2.86. The lowest BCUT2D eigenvalue weighted by atomic mass is 9.89. The van der Waals surface area contributed by atoms with Crippen LogP contribution in [0, 0.1) is 0 Å². The minimum Gasteiger partial charge on any atom is -0.487 e. The smallest absolute Gasteiger partial charge is 0.281 e. The van der Waals surface area contributed by atoms with Gasteiger partial charge < -0.3 is 9.30 Å². The van der Waals surface area contributed by atoms with E-state index < -0.39 is 12.5 Å². The number of alkyl halides is 2. The second-order valence-electron chi connectivity index (χ2n) is 11.8. The SMILES string of the molecule is CCC(F)(F)COc1cccc(-c2ccc(-c3ccc(-n4c5ccccc5c5ccccc54)c4ccccc34)c3ccccc23)c1. The van der Waals surface area contributed by atoms with Gasteiger partial charge >= 0.3 is 0 Å². The van der Waals surface area contributed by atoms with E-state index in [0.717, 1.165) is 38.7 Å². The molecule has 8 aromatic rings. The molecule has 0 radical (unpaired) electrons. The van der Waals surface area contributed by atoms with E-state index in [1.165, 1.54) is 39.5 Å². The Morgan fingerprint density at radius 2 is 1.02 bits per heavy atom. The second kappa shape index (κ2) is 11.1. The summed E-state index contributed by atoms with van der Waals surface area (Å²) in [4.78, 5) is 0. The second-order valence-corrected chi connectivity index (χ2v) is 11.8. The van der Waals surface area contributed by atoms with Crippen LogP contribution in [0.1, 0.15) is 13.3 Å². The lowest BCUT2D eigenvalue weighted by Gasteiger charge is -2.18. The van der Waals surface area contributed by atoms with Gasteiger partial charge in [-0.2, -0.15) is 0 Å². The van der Waals surface area contributed by atoms with Crippen LogP contribution in [-0.4, -0.2) is 17.1 Å². The Morgan fingerprint density at radius 1 is 0.522 bits per heavy atom. The Labute approximate surface area is 266 Å². The minimum absolute atomic E-state index is 0.257. The molecule has 1 heterocycles. The molecule has 0 saturated heterocycles. The Kier molecular flexibility index (Phi) is 6.79. The fraction of sp³-hybridized carbons (Fsp3) is 0.0952. The molecule has 0 atom stereocenters. The summed E-state index contributed by atoms with van der Waals surface area (Å²) in [7, 11) is 0. The molecule has 0 aliphatic carbocycles. The van der Waals surface area contributed by atoms with Crippen LogP contribution in [0.25, 0.3) is 71.3 Å². The molecule has 0 aliphatic heterocycles. The first-order valence-electron chi connectivity index (χ1n) is 15.7. The molecule has 8 rings (SSSR count). The number of aromatic nitrogens is 1. The highest BCUT2D eigenvalue weighted by molar-refractivity contribution is 6.13. The average molecular weight is 604 g/mol. The Bertz CT molecular complexity index is 2350. The molecule has 0 bridgehead atoms. The van der Waals surface area contributed by atoms with Crippen molar-refractivity contribution in [1.82, 2.24) is 4.57 Å². The van der Waals surface area contributed by atoms with Crippen LogP contribution >= 0.6 is 0 Å². The number of para-hydroxylation sites is 2. The average Bonchev–Trinajstić information content (AvgIpc) is 3.44. The Hall–Kier alpha value is -5.48. The summed E-state index contributed by atoms with van der Waals surface area (Å²) >= 11 is 0. The molecule has 0 aliphatic rings. The first kappa shape index (κ1) is 28.0. The molecule has 0 fully saturated rings. The van der Waals surface area contributed by atoms with E-state index in [2.05, 4.69) is 120 Å². The molecule has 0 amide bonds. The molecule has 224 valence electrons. The molecule has 4 heteroatoms. The van der Waals surface area contributed by atoms with E-state index in [0.29, 0.717) is 5.75 Å². The molecule has 0 unspecified atom stereocenters. The zero-order valence-electron chi connectivity index (χ0n) is 25.4. The van der Waals surface area contributed by atoms with Crippen molar-refractivity contribution in [3.05, 3.63) is 146 Å². The maximum Gasteiger partial charge on any atom is 0.281 e. The molecular weight excluding hydrogens is 572 g/mol. The Balaban J connectivity index is 1.28. The van der Waals surface area contributed by atoms with Gasteiger partial charge in [0.25, 0.3) is 5.92 Å². The van der Waals surface area contributed by atoms with E-state index in [9.17, 15) is 8.78 Å². The molecule has 0 saturated carbocycles. The number of hydrogen-bond acceptors (Lipinski definition) is 1. The van der Waals surface area contributed by atoms with Crippen LogP contribution in [0.4, 0.5) is 8.78 Å². The van der Waals surface area contributed by atoms with Crippen LogP contribution < -0.4 is 4.74 Å². The third-order valence-corrected chi connectivity index (χ3v) is 9.05. The van der Waals surface area contributed by atoms with Gasteiger partial charge in [-0.3, -0.25) is 0 Å². The molecule has 46 heavy (non-hydrogen) atoms. The van der Waals surface area contributed by atoms with Crippen LogP contribution in [0.15, 0.2) is 146 Å². The highest BCUT2D eigenvalue weighted by Gasteiger charge is 2.27. The van der Waals surface area contributed by atoms with Crippen LogP contribution in [0.2, 0.25) is 0 Å². The van der Waals surface area contributed by atoms with Gasteiger partial charge in [-0.05, 0) is 68.7 Å². The first-order valence-corrected chi connectivity index (χ1v) is 15.7.